The van der Waals surface area contributed by atoms with Gasteiger partial charge in [-0.3, -0.25) is 9.59 Å². The van der Waals surface area contributed by atoms with Crippen molar-refractivity contribution in [1.82, 2.24) is 10.2 Å². The van der Waals surface area contributed by atoms with Crippen LogP contribution in [0, 0.1) is 6.92 Å². The molecule has 6 nitrogen and oxygen atoms in total. The first-order valence-corrected chi connectivity index (χ1v) is 12.3. The molecule has 2 aromatic carbocycles. The third-order valence-electron chi connectivity index (χ3n) is 5.49. The topological polar surface area (TPSA) is 67.9 Å². The minimum absolute atomic E-state index is 0.0123. The average molecular weight is 469 g/mol. The molecular weight excluding hydrogens is 428 g/mol. The Labute approximate surface area is 204 Å². The lowest BCUT2D eigenvalue weighted by molar-refractivity contribution is -0.141. The summed E-state index contributed by atoms with van der Waals surface area (Å²) in [5.41, 5.74) is 3.14. The number of carbonyl (C=O) groups excluding carboxylic acids is 2. The highest BCUT2D eigenvalue weighted by atomic mass is 16.5. The van der Waals surface area contributed by atoms with Crippen molar-refractivity contribution in [1.29, 1.82) is 0 Å². The van der Waals surface area contributed by atoms with Gasteiger partial charge in [0.15, 0.2) is 11.5 Å². The van der Waals surface area contributed by atoms with Gasteiger partial charge in [0.1, 0.15) is 6.04 Å². The number of amides is 2. The maximum atomic E-state index is 13.5. The predicted octanol–water partition coefficient (Wildman–Crippen LogP) is 5.06. The van der Waals surface area contributed by atoms with Gasteiger partial charge >= 0.3 is 0 Å². The molecule has 6 heteroatoms. The smallest absolute Gasteiger partial charge is 0.243 e. The molecule has 2 amide bonds. The molecule has 0 aliphatic heterocycles. The lowest BCUT2D eigenvalue weighted by Crippen LogP contribution is -2.50. The number of rotatable bonds is 13. The van der Waals surface area contributed by atoms with Crippen molar-refractivity contribution < 1.29 is 19.1 Å². The fraction of sp³-hybridized carbons (Fsp3) is 0.500. The van der Waals surface area contributed by atoms with Crippen LogP contribution in [0.4, 0.5) is 0 Å². The maximum Gasteiger partial charge on any atom is 0.243 e. The number of aryl methyl sites for hydroxylation is 2. The number of nitrogens with zero attached hydrogens (tertiary/aromatic N) is 1. The first kappa shape index (κ1) is 27.2. The van der Waals surface area contributed by atoms with E-state index in [2.05, 4.69) is 11.4 Å². The van der Waals surface area contributed by atoms with Gasteiger partial charge in [-0.1, -0.05) is 42.8 Å². The molecule has 34 heavy (non-hydrogen) atoms. The lowest BCUT2D eigenvalue weighted by Gasteiger charge is -2.31. The number of ether oxygens (including phenoxy) is 2. The first-order valence-electron chi connectivity index (χ1n) is 12.3. The van der Waals surface area contributed by atoms with Gasteiger partial charge in [0, 0.05) is 19.0 Å². The van der Waals surface area contributed by atoms with Crippen LogP contribution in [0.25, 0.3) is 0 Å². The first-order chi connectivity index (χ1) is 16.3. The molecule has 2 aromatic rings. The van der Waals surface area contributed by atoms with E-state index < -0.39 is 6.04 Å². The fourth-order valence-corrected chi connectivity index (χ4v) is 3.95. The summed E-state index contributed by atoms with van der Waals surface area (Å²) in [7, 11) is 0. The van der Waals surface area contributed by atoms with Crippen molar-refractivity contribution in [3.05, 3.63) is 59.2 Å². The molecule has 0 aromatic heterocycles. The molecule has 0 heterocycles. The zero-order valence-electron chi connectivity index (χ0n) is 21.5. The molecule has 0 fully saturated rings. The minimum atomic E-state index is -0.519. The Morgan fingerprint density at radius 3 is 2.26 bits per heavy atom. The summed E-state index contributed by atoms with van der Waals surface area (Å²) >= 11 is 0. The fourth-order valence-electron chi connectivity index (χ4n) is 3.95. The van der Waals surface area contributed by atoms with Gasteiger partial charge in [-0.05, 0) is 70.7 Å². The van der Waals surface area contributed by atoms with Crippen molar-refractivity contribution in [3.8, 4) is 11.5 Å². The van der Waals surface area contributed by atoms with Gasteiger partial charge in [-0.2, -0.15) is 0 Å². The molecule has 0 spiro atoms. The van der Waals surface area contributed by atoms with Crippen molar-refractivity contribution >= 4 is 11.8 Å². The SMILES string of the molecule is CCOc1ccc(CCC(=O)N(Cc2cccc(C)c2)C(CC)C(=O)NC(C)C)cc1OCC. The summed E-state index contributed by atoms with van der Waals surface area (Å²) in [6.45, 7) is 13.2. The van der Waals surface area contributed by atoms with Crippen LogP contribution >= 0.6 is 0 Å². The second-order valence-electron chi connectivity index (χ2n) is 8.75. The van der Waals surface area contributed by atoms with Gasteiger partial charge < -0.3 is 19.7 Å². The third kappa shape index (κ3) is 8.08. The molecule has 2 rings (SSSR count). The van der Waals surface area contributed by atoms with Crippen LogP contribution < -0.4 is 14.8 Å². The van der Waals surface area contributed by atoms with Crippen molar-refractivity contribution in [2.45, 2.75) is 79.4 Å². The minimum Gasteiger partial charge on any atom is -0.490 e. The van der Waals surface area contributed by atoms with Crippen LogP contribution in [-0.2, 0) is 22.6 Å². The number of carbonyl (C=O) groups is 2. The Morgan fingerprint density at radius 1 is 0.941 bits per heavy atom. The van der Waals surface area contributed by atoms with Crippen molar-refractivity contribution in [3.63, 3.8) is 0 Å². The highest BCUT2D eigenvalue weighted by molar-refractivity contribution is 5.87. The highest BCUT2D eigenvalue weighted by Crippen LogP contribution is 2.29. The summed E-state index contributed by atoms with van der Waals surface area (Å²) in [6, 6.07) is 13.4. The highest BCUT2D eigenvalue weighted by Gasteiger charge is 2.28. The Morgan fingerprint density at radius 2 is 1.65 bits per heavy atom. The number of nitrogens with one attached hydrogen (secondary N) is 1. The monoisotopic (exact) mass is 468 g/mol. The van der Waals surface area contributed by atoms with Crippen LogP contribution in [-0.4, -0.2) is 42.0 Å². The normalized spacial score (nSPS) is 11.7. The van der Waals surface area contributed by atoms with Gasteiger partial charge in [0.2, 0.25) is 11.8 Å². The maximum absolute atomic E-state index is 13.5. The van der Waals surface area contributed by atoms with Crippen LogP contribution in [0.1, 0.15) is 64.2 Å². The molecule has 186 valence electrons. The van der Waals surface area contributed by atoms with E-state index in [9.17, 15) is 9.59 Å². The van der Waals surface area contributed by atoms with Crippen molar-refractivity contribution in [2.24, 2.45) is 0 Å². The number of benzene rings is 2. The van der Waals surface area contributed by atoms with Gasteiger partial charge in [0.05, 0.1) is 13.2 Å². The van der Waals surface area contributed by atoms with E-state index in [0.717, 1.165) is 16.7 Å². The van der Waals surface area contributed by atoms with Crippen LogP contribution in [0.15, 0.2) is 42.5 Å². The second kappa shape index (κ2) is 13.6. The van der Waals surface area contributed by atoms with E-state index in [4.69, 9.17) is 9.47 Å². The summed E-state index contributed by atoms with van der Waals surface area (Å²) in [5, 5.41) is 2.98. The zero-order valence-corrected chi connectivity index (χ0v) is 21.5. The molecule has 0 saturated carbocycles. The standard InChI is InChI=1S/C28H40N2O4/c1-7-24(28(32)29-20(4)5)30(19-23-12-10-11-21(6)17-23)27(31)16-14-22-13-15-25(33-8-2)26(18-22)34-9-3/h10-13,15,17-18,20,24H,7-9,14,16,19H2,1-6H3,(H,29,32). The summed E-state index contributed by atoms with van der Waals surface area (Å²) in [4.78, 5) is 28.1. The van der Waals surface area contributed by atoms with E-state index in [0.29, 0.717) is 50.5 Å². The molecular formula is C28H40N2O4. The molecule has 0 radical (unpaired) electrons. The molecule has 0 saturated heterocycles. The van der Waals surface area contributed by atoms with E-state index in [-0.39, 0.29) is 17.9 Å². The van der Waals surface area contributed by atoms with E-state index in [1.807, 2.05) is 77.9 Å². The Hall–Kier alpha value is -3.02. The zero-order chi connectivity index (χ0) is 25.1. The second-order valence-corrected chi connectivity index (χ2v) is 8.75. The summed E-state index contributed by atoms with van der Waals surface area (Å²) < 4.78 is 11.4. The lowest BCUT2D eigenvalue weighted by atomic mass is 10.0. The summed E-state index contributed by atoms with van der Waals surface area (Å²) in [5.74, 6) is 1.24. The van der Waals surface area contributed by atoms with Crippen LogP contribution in [0.2, 0.25) is 0 Å². The van der Waals surface area contributed by atoms with Gasteiger partial charge in [-0.25, -0.2) is 0 Å². The van der Waals surface area contributed by atoms with Crippen LogP contribution in [0.5, 0.6) is 11.5 Å². The average Bonchev–Trinajstić information content (AvgIpc) is 2.78. The third-order valence-corrected chi connectivity index (χ3v) is 5.49. The molecule has 1 N–H and O–H groups in total. The van der Waals surface area contributed by atoms with E-state index >= 15 is 0 Å². The number of hydrogen-bond acceptors (Lipinski definition) is 4. The Balaban J connectivity index is 2.23. The molecule has 1 atom stereocenters. The van der Waals surface area contributed by atoms with Crippen molar-refractivity contribution in [2.75, 3.05) is 13.2 Å². The molecule has 0 aliphatic carbocycles. The van der Waals surface area contributed by atoms with Gasteiger partial charge in [0.25, 0.3) is 0 Å². The molecule has 1 unspecified atom stereocenters. The number of hydrogen-bond donors (Lipinski definition) is 1. The predicted molar refractivity (Wildman–Crippen MR) is 136 cm³/mol. The molecule has 0 aliphatic rings. The van der Waals surface area contributed by atoms with Gasteiger partial charge in [-0.15, -0.1) is 0 Å². The largest absolute Gasteiger partial charge is 0.490 e. The van der Waals surface area contributed by atoms with E-state index in [1.54, 1.807) is 4.90 Å². The summed E-state index contributed by atoms with van der Waals surface area (Å²) in [6.07, 6.45) is 1.41. The Bertz CT molecular complexity index is 942. The van der Waals surface area contributed by atoms with Crippen LogP contribution in [0.3, 0.4) is 0 Å². The quantitative estimate of drug-likeness (QED) is 0.446. The molecule has 0 bridgehead atoms. The Kier molecular flexibility index (Phi) is 10.9. The van der Waals surface area contributed by atoms with E-state index in [1.165, 1.54) is 0 Å².